The average molecular weight is 285 g/mol. The lowest BCUT2D eigenvalue weighted by Gasteiger charge is -2.34. The first kappa shape index (κ1) is 14.0. The Kier molecular flexibility index (Phi) is 4.24. The van der Waals surface area contributed by atoms with Crippen LogP contribution in [0, 0.1) is 0 Å². The number of amides is 1. The minimum atomic E-state index is -0.382. The molecule has 1 amide bonds. The summed E-state index contributed by atoms with van der Waals surface area (Å²) in [4.78, 5) is 16.3. The largest absolute Gasteiger partial charge is 0.379 e. The van der Waals surface area contributed by atoms with Gasteiger partial charge in [-0.3, -0.25) is 4.79 Å². The van der Waals surface area contributed by atoms with Crippen LogP contribution in [0.2, 0.25) is 5.02 Å². The molecule has 1 fully saturated rings. The summed E-state index contributed by atoms with van der Waals surface area (Å²) >= 11 is 5.99. The molecule has 2 heterocycles. The number of hydrogen-bond acceptors (Lipinski definition) is 5. The van der Waals surface area contributed by atoms with Gasteiger partial charge in [-0.05, 0) is 31.9 Å². The fraction of sp³-hybridized carbons (Fsp3) is 0.500. The van der Waals surface area contributed by atoms with Crippen molar-refractivity contribution in [3.8, 4) is 0 Å². The molecule has 1 aromatic rings. The van der Waals surface area contributed by atoms with E-state index in [1.54, 1.807) is 12.1 Å². The number of pyridine rings is 1. The van der Waals surface area contributed by atoms with Crippen LogP contribution in [0.15, 0.2) is 12.1 Å². The molecule has 4 N–H and O–H groups in total. The second-order valence-corrected chi connectivity index (χ2v) is 5.25. The Balaban J connectivity index is 2.15. The van der Waals surface area contributed by atoms with E-state index in [4.69, 9.17) is 22.2 Å². The number of aromatic nitrogens is 1. The zero-order valence-electron chi connectivity index (χ0n) is 10.7. The van der Waals surface area contributed by atoms with E-state index in [0.717, 1.165) is 19.4 Å². The number of hydrogen-bond donors (Lipinski definition) is 3. The summed E-state index contributed by atoms with van der Waals surface area (Å²) in [6, 6.07) is 3.18. The molecule has 0 bridgehead atoms. The molecule has 1 unspecified atom stereocenters. The number of carbonyl (C=O) groups is 1. The highest BCUT2D eigenvalue weighted by atomic mass is 35.5. The Morgan fingerprint density at radius 3 is 3.00 bits per heavy atom. The van der Waals surface area contributed by atoms with Crippen LogP contribution >= 0.6 is 11.6 Å². The molecule has 104 valence electrons. The Morgan fingerprint density at radius 2 is 2.37 bits per heavy atom. The molecule has 0 aromatic carbocycles. The van der Waals surface area contributed by atoms with E-state index in [1.165, 1.54) is 0 Å². The van der Waals surface area contributed by atoms with E-state index in [0.29, 0.717) is 12.4 Å². The fourth-order valence-corrected chi connectivity index (χ4v) is 2.24. The van der Waals surface area contributed by atoms with Gasteiger partial charge >= 0.3 is 0 Å². The monoisotopic (exact) mass is 284 g/mol. The van der Waals surface area contributed by atoms with Crippen molar-refractivity contribution in [3.63, 3.8) is 0 Å². The predicted octanol–water partition coefficient (Wildman–Crippen LogP) is 1.32. The average Bonchev–Trinajstić information content (AvgIpc) is 2.39. The predicted molar refractivity (Wildman–Crippen MR) is 73.0 cm³/mol. The molecule has 0 radical (unpaired) electrons. The van der Waals surface area contributed by atoms with Gasteiger partial charge < -0.3 is 15.5 Å². The van der Waals surface area contributed by atoms with Crippen LogP contribution in [0.25, 0.3) is 0 Å². The van der Waals surface area contributed by atoms with Crippen LogP contribution in [0.3, 0.4) is 0 Å². The third kappa shape index (κ3) is 3.34. The van der Waals surface area contributed by atoms with E-state index in [-0.39, 0.29) is 22.2 Å². The number of ether oxygens (including phenoxy) is 1. The van der Waals surface area contributed by atoms with E-state index in [1.807, 2.05) is 6.92 Å². The highest BCUT2D eigenvalue weighted by Crippen LogP contribution is 2.21. The number of nitrogens with one attached hydrogen (secondary N) is 2. The highest BCUT2D eigenvalue weighted by molar-refractivity contribution is 6.33. The SMILES string of the molecule is CC1(NC(=O)c2nc(NN)ccc2Cl)CCCOC1. The van der Waals surface area contributed by atoms with E-state index in [9.17, 15) is 4.79 Å². The quantitative estimate of drug-likeness (QED) is 0.575. The van der Waals surface area contributed by atoms with Gasteiger partial charge in [0, 0.05) is 6.61 Å². The Morgan fingerprint density at radius 1 is 1.58 bits per heavy atom. The third-order valence-electron chi connectivity index (χ3n) is 3.06. The lowest BCUT2D eigenvalue weighted by atomic mass is 9.95. The number of carbonyl (C=O) groups excluding carboxylic acids is 1. The molecular weight excluding hydrogens is 268 g/mol. The number of anilines is 1. The van der Waals surface area contributed by atoms with Crippen LogP contribution < -0.4 is 16.6 Å². The van der Waals surface area contributed by atoms with Crippen molar-refractivity contribution in [2.45, 2.75) is 25.3 Å². The van der Waals surface area contributed by atoms with Crippen LogP contribution in [0.1, 0.15) is 30.3 Å². The van der Waals surface area contributed by atoms with Crippen molar-refractivity contribution in [1.82, 2.24) is 10.3 Å². The Bertz CT molecular complexity index is 475. The van der Waals surface area contributed by atoms with Crippen molar-refractivity contribution in [3.05, 3.63) is 22.8 Å². The molecule has 1 aromatic heterocycles. The molecular formula is C12H17ClN4O2. The molecule has 1 saturated heterocycles. The Labute approximate surface area is 116 Å². The van der Waals surface area contributed by atoms with Crippen molar-refractivity contribution in [1.29, 1.82) is 0 Å². The van der Waals surface area contributed by atoms with Crippen molar-refractivity contribution < 1.29 is 9.53 Å². The molecule has 6 nitrogen and oxygen atoms in total. The van der Waals surface area contributed by atoms with Gasteiger partial charge in [-0.2, -0.15) is 0 Å². The maximum Gasteiger partial charge on any atom is 0.272 e. The number of halogens is 1. The highest BCUT2D eigenvalue weighted by Gasteiger charge is 2.30. The zero-order chi connectivity index (χ0) is 13.9. The van der Waals surface area contributed by atoms with E-state index < -0.39 is 0 Å². The van der Waals surface area contributed by atoms with Crippen LogP contribution in [-0.4, -0.2) is 29.6 Å². The topological polar surface area (TPSA) is 89.3 Å². The zero-order valence-corrected chi connectivity index (χ0v) is 11.5. The summed E-state index contributed by atoms with van der Waals surface area (Å²) < 4.78 is 5.40. The summed E-state index contributed by atoms with van der Waals surface area (Å²) in [6.07, 6.45) is 1.79. The van der Waals surface area contributed by atoms with Crippen LogP contribution in [0.5, 0.6) is 0 Å². The molecule has 0 aliphatic carbocycles. The molecule has 2 rings (SSSR count). The van der Waals surface area contributed by atoms with E-state index >= 15 is 0 Å². The second kappa shape index (κ2) is 5.73. The summed E-state index contributed by atoms with van der Waals surface area (Å²) in [5.74, 6) is 5.34. The summed E-state index contributed by atoms with van der Waals surface area (Å²) in [6.45, 7) is 3.17. The second-order valence-electron chi connectivity index (χ2n) is 4.84. The minimum Gasteiger partial charge on any atom is -0.379 e. The smallest absolute Gasteiger partial charge is 0.272 e. The fourth-order valence-electron chi connectivity index (χ4n) is 2.05. The van der Waals surface area contributed by atoms with Crippen LogP contribution in [0.4, 0.5) is 5.82 Å². The molecule has 19 heavy (non-hydrogen) atoms. The first-order valence-corrected chi connectivity index (χ1v) is 6.45. The van der Waals surface area contributed by atoms with Gasteiger partial charge in [0.2, 0.25) is 0 Å². The normalized spacial score (nSPS) is 22.9. The summed E-state index contributed by atoms with van der Waals surface area (Å²) in [5.41, 5.74) is 2.16. The standard InChI is InChI=1S/C12H17ClN4O2/c1-12(5-2-6-19-7-12)16-11(18)10-8(13)3-4-9(15-10)17-14/h3-4H,2,5-7,14H2,1H3,(H,15,17)(H,16,18). The summed E-state index contributed by atoms with van der Waals surface area (Å²) in [5, 5.41) is 3.21. The maximum atomic E-state index is 12.2. The number of hydrazine groups is 1. The minimum absolute atomic E-state index is 0.156. The van der Waals surface area contributed by atoms with Gasteiger partial charge in [0.25, 0.3) is 5.91 Å². The first-order valence-electron chi connectivity index (χ1n) is 6.07. The van der Waals surface area contributed by atoms with Crippen molar-refractivity contribution >= 4 is 23.3 Å². The molecule has 1 aliphatic rings. The van der Waals surface area contributed by atoms with Gasteiger partial charge in [-0.25, -0.2) is 10.8 Å². The third-order valence-corrected chi connectivity index (χ3v) is 3.37. The van der Waals surface area contributed by atoms with E-state index in [2.05, 4.69) is 15.7 Å². The molecule has 1 aliphatic heterocycles. The molecule has 7 heteroatoms. The van der Waals surface area contributed by atoms with Gasteiger partial charge in [0.15, 0.2) is 0 Å². The van der Waals surface area contributed by atoms with Gasteiger partial charge in [-0.15, -0.1) is 0 Å². The van der Waals surface area contributed by atoms with Gasteiger partial charge in [-0.1, -0.05) is 11.6 Å². The first-order chi connectivity index (χ1) is 9.04. The van der Waals surface area contributed by atoms with Crippen LogP contribution in [-0.2, 0) is 4.74 Å². The molecule has 0 spiro atoms. The Hall–Kier alpha value is -1.37. The maximum absolute atomic E-state index is 12.2. The molecule has 1 atom stereocenters. The summed E-state index contributed by atoms with van der Waals surface area (Å²) in [7, 11) is 0. The van der Waals surface area contributed by atoms with Gasteiger partial charge in [0.1, 0.15) is 11.5 Å². The lowest BCUT2D eigenvalue weighted by molar-refractivity contribution is 0.0271. The van der Waals surface area contributed by atoms with Crippen molar-refractivity contribution in [2.75, 3.05) is 18.6 Å². The number of rotatable bonds is 3. The number of nitrogens with two attached hydrogens (primary N) is 1. The van der Waals surface area contributed by atoms with Crippen molar-refractivity contribution in [2.24, 2.45) is 5.84 Å². The lowest BCUT2D eigenvalue weighted by Crippen LogP contribution is -2.51. The number of nitrogens with zero attached hydrogens (tertiary/aromatic N) is 1. The molecule has 0 saturated carbocycles. The van der Waals surface area contributed by atoms with Gasteiger partial charge in [0.05, 0.1) is 17.2 Å². The number of nitrogen functional groups attached to an aromatic ring is 1.